The molecule has 63 valence electrons. The molecule has 1 heterocycles. The molecule has 0 amide bonds. The van der Waals surface area contributed by atoms with E-state index in [1.54, 1.807) is 0 Å². The summed E-state index contributed by atoms with van der Waals surface area (Å²) in [4.78, 5) is 4.15. The average Bonchev–Trinajstić information content (AvgIpc) is 2.21. The highest BCUT2D eigenvalue weighted by molar-refractivity contribution is 5.15. The van der Waals surface area contributed by atoms with Gasteiger partial charge in [0, 0.05) is 12.4 Å². The van der Waals surface area contributed by atoms with Gasteiger partial charge in [0.1, 0.15) is 0 Å². The van der Waals surface area contributed by atoms with Crippen LogP contribution in [0.5, 0.6) is 0 Å². The lowest BCUT2D eigenvalue weighted by Gasteiger charge is -2.20. The molecule has 1 aromatic rings. The molecule has 1 aliphatic rings. The normalized spacial score (nSPS) is 19.3. The molecule has 1 saturated carbocycles. The standard InChI is InChI=1S/C11H14N/c1-2-5-10(6-3-1)11-7-4-8-12-9-11/h2,4,7-10H,1,3,5-6H2. The largest absolute Gasteiger partial charge is 0.264 e. The van der Waals surface area contributed by atoms with Crippen LogP contribution in [0.1, 0.15) is 37.2 Å². The number of rotatable bonds is 1. The Morgan fingerprint density at radius 3 is 3.08 bits per heavy atom. The first-order valence-electron chi connectivity index (χ1n) is 4.68. The molecular formula is C11H14N. The van der Waals surface area contributed by atoms with Crippen molar-refractivity contribution in [3.63, 3.8) is 0 Å². The molecule has 0 spiro atoms. The molecule has 1 nitrogen and oxygen atoms in total. The Morgan fingerprint density at radius 1 is 1.42 bits per heavy atom. The van der Waals surface area contributed by atoms with Crippen LogP contribution in [0.15, 0.2) is 24.5 Å². The van der Waals surface area contributed by atoms with Gasteiger partial charge in [0.05, 0.1) is 0 Å². The van der Waals surface area contributed by atoms with E-state index in [-0.39, 0.29) is 0 Å². The number of nitrogens with zero attached hydrogens (tertiary/aromatic N) is 1. The van der Waals surface area contributed by atoms with Crippen molar-refractivity contribution in [2.24, 2.45) is 0 Å². The van der Waals surface area contributed by atoms with Crippen molar-refractivity contribution in [3.8, 4) is 0 Å². The molecule has 0 N–H and O–H groups in total. The highest BCUT2D eigenvalue weighted by Crippen LogP contribution is 2.31. The molecule has 1 fully saturated rings. The van der Waals surface area contributed by atoms with Crippen molar-refractivity contribution in [1.82, 2.24) is 4.98 Å². The van der Waals surface area contributed by atoms with Crippen molar-refractivity contribution in [1.29, 1.82) is 0 Å². The molecule has 0 bridgehead atoms. The summed E-state index contributed by atoms with van der Waals surface area (Å²) in [5.74, 6) is 0.743. The van der Waals surface area contributed by atoms with Crippen LogP contribution in [0, 0.1) is 6.42 Å². The summed E-state index contributed by atoms with van der Waals surface area (Å²) in [6.45, 7) is 0. The zero-order chi connectivity index (χ0) is 8.23. The maximum atomic E-state index is 4.15. The third-order valence-corrected chi connectivity index (χ3v) is 2.57. The van der Waals surface area contributed by atoms with Crippen molar-refractivity contribution in [3.05, 3.63) is 36.5 Å². The Kier molecular flexibility index (Phi) is 2.40. The average molecular weight is 160 g/mol. The predicted octanol–water partition coefficient (Wildman–Crippen LogP) is 2.94. The van der Waals surface area contributed by atoms with Gasteiger partial charge in [0.2, 0.25) is 0 Å². The van der Waals surface area contributed by atoms with E-state index in [9.17, 15) is 0 Å². The molecule has 0 aromatic carbocycles. The van der Waals surface area contributed by atoms with Crippen molar-refractivity contribution < 1.29 is 0 Å². The Morgan fingerprint density at radius 2 is 2.42 bits per heavy atom. The molecule has 0 saturated heterocycles. The number of hydrogen-bond acceptors (Lipinski definition) is 1. The molecule has 1 unspecified atom stereocenters. The fraction of sp³-hybridized carbons (Fsp3) is 0.455. The van der Waals surface area contributed by atoms with E-state index >= 15 is 0 Å². The maximum Gasteiger partial charge on any atom is 0.0302 e. The molecular weight excluding hydrogens is 146 g/mol. The minimum atomic E-state index is 0.743. The Labute approximate surface area is 73.8 Å². The lowest BCUT2D eigenvalue weighted by Crippen LogP contribution is -2.04. The quantitative estimate of drug-likeness (QED) is 0.615. The smallest absolute Gasteiger partial charge is 0.0302 e. The molecule has 1 radical (unpaired) electrons. The summed E-state index contributed by atoms with van der Waals surface area (Å²) in [6.07, 6.45) is 11.5. The predicted molar refractivity (Wildman–Crippen MR) is 49.7 cm³/mol. The van der Waals surface area contributed by atoms with E-state index in [4.69, 9.17) is 0 Å². The fourth-order valence-corrected chi connectivity index (χ4v) is 1.87. The topological polar surface area (TPSA) is 12.9 Å². The molecule has 1 aliphatic carbocycles. The third-order valence-electron chi connectivity index (χ3n) is 2.57. The van der Waals surface area contributed by atoms with Crippen molar-refractivity contribution >= 4 is 0 Å². The van der Waals surface area contributed by atoms with Crippen molar-refractivity contribution in [2.45, 2.75) is 31.6 Å². The first-order chi connectivity index (χ1) is 5.97. The molecule has 1 atom stereocenters. The van der Waals surface area contributed by atoms with E-state index in [1.165, 1.54) is 31.2 Å². The van der Waals surface area contributed by atoms with Crippen LogP contribution in [0.4, 0.5) is 0 Å². The van der Waals surface area contributed by atoms with Gasteiger partial charge in [0.25, 0.3) is 0 Å². The molecule has 12 heavy (non-hydrogen) atoms. The Hall–Kier alpha value is -0.850. The summed E-state index contributed by atoms with van der Waals surface area (Å²) >= 11 is 0. The minimum Gasteiger partial charge on any atom is -0.264 e. The SMILES string of the molecule is [CH]1CCCC(c2cccnc2)C1. The van der Waals surface area contributed by atoms with Crippen LogP contribution < -0.4 is 0 Å². The van der Waals surface area contributed by atoms with Gasteiger partial charge in [-0.05, 0) is 36.8 Å². The van der Waals surface area contributed by atoms with Gasteiger partial charge in [-0.1, -0.05) is 18.9 Å². The van der Waals surface area contributed by atoms with Crippen LogP contribution in [0.3, 0.4) is 0 Å². The summed E-state index contributed by atoms with van der Waals surface area (Å²) in [5, 5.41) is 0. The van der Waals surface area contributed by atoms with Gasteiger partial charge < -0.3 is 0 Å². The first kappa shape index (κ1) is 7.78. The Balaban J connectivity index is 2.08. The van der Waals surface area contributed by atoms with Crippen LogP contribution >= 0.6 is 0 Å². The number of hydrogen-bond donors (Lipinski definition) is 0. The van der Waals surface area contributed by atoms with Gasteiger partial charge in [-0.15, -0.1) is 0 Å². The lowest BCUT2D eigenvalue weighted by atomic mass is 9.85. The minimum absolute atomic E-state index is 0.743. The van der Waals surface area contributed by atoms with Crippen LogP contribution in [0.25, 0.3) is 0 Å². The van der Waals surface area contributed by atoms with Crippen LogP contribution in [-0.4, -0.2) is 4.98 Å². The molecule has 1 heteroatoms. The highest BCUT2D eigenvalue weighted by Gasteiger charge is 2.14. The first-order valence-corrected chi connectivity index (χ1v) is 4.68. The third kappa shape index (κ3) is 1.66. The Bertz CT molecular complexity index is 224. The second kappa shape index (κ2) is 3.70. The maximum absolute atomic E-state index is 4.15. The van der Waals surface area contributed by atoms with Crippen LogP contribution in [-0.2, 0) is 0 Å². The summed E-state index contributed by atoms with van der Waals surface area (Å²) in [7, 11) is 0. The summed E-state index contributed by atoms with van der Waals surface area (Å²) in [6, 6.07) is 4.22. The van der Waals surface area contributed by atoms with E-state index in [2.05, 4.69) is 17.5 Å². The number of aromatic nitrogens is 1. The lowest BCUT2D eigenvalue weighted by molar-refractivity contribution is 0.516. The zero-order valence-electron chi connectivity index (χ0n) is 7.24. The zero-order valence-corrected chi connectivity index (χ0v) is 7.24. The van der Waals surface area contributed by atoms with E-state index < -0.39 is 0 Å². The molecule has 0 aliphatic heterocycles. The second-order valence-electron chi connectivity index (χ2n) is 3.44. The summed E-state index contributed by atoms with van der Waals surface area (Å²) in [5.41, 5.74) is 1.41. The van der Waals surface area contributed by atoms with E-state index in [0.717, 1.165) is 5.92 Å². The van der Waals surface area contributed by atoms with Gasteiger partial charge in [0.15, 0.2) is 0 Å². The monoisotopic (exact) mass is 160 g/mol. The van der Waals surface area contributed by atoms with E-state index in [0.29, 0.717) is 0 Å². The van der Waals surface area contributed by atoms with Crippen molar-refractivity contribution in [2.75, 3.05) is 0 Å². The van der Waals surface area contributed by atoms with Crippen LogP contribution in [0.2, 0.25) is 0 Å². The number of pyridine rings is 1. The van der Waals surface area contributed by atoms with Gasteiger partial charge in [-0.3, -0.25) is 4.98 Å². The van der Waals surface area contributed by atoms with Gasteiger partial charge in [-0.2, -0.15) is 0 Å². The molecule has 1 aromatic heterocycles. The van der Waals surface area contributed by atoms with Gasteiger partial charge in [-0.25, -0.2) is 0 Å². The van der Waals surface area contributed by atoms with E-state index in [1.807, 2.05) is 18.5 Å². The summed E-state index contributed by atoms with van der Waals surface area (Å²) < 4.78 is 0. The second-order valence-corrected chi connectivity index (χ2v) is 3.44. The molecule has 2 rings (SSSR count). The fourth-order valence-electron chi connectivity index (χ4n) is 1.87. The highest BCUT2D eigenvalue weighted by atomic mass is 14.6. The van der Waals surface area contributed by atoms with Gasteiger partial charge >= 0.3 is 0 Å².